The number of nitrogens with zero attached hydrogens (tertiary/aromatic N) is 6. The first kappa shape index (κ1) is 20.3. The molecule has 0 atom stereocenters. The number of hydrogen-bond acceptors (Lipinski definition) is 7. The van der Waals surface area contributed by atoms with Crippen molar-refractivity contribution in [1.29, 1.82) is 0 Å². The Morgan fingerprint density at radius 1 is 1.07 bits per heavy atom. The molecular formula is C20H23N7O2S. The molecule has 0 saturated heterocycles. The van der Waals surface area contributed by atoms with E-state index in [4.69, 9.17) is 0 Å². The topological polar surface area (TPSA) is 102 Å². The van der Waals surface area contributed by atoms with Crippen molar-refractivity contribution in [1.82, 2.24) is 34.2 Å². The average molecular weight is 426 g/mol. The first-order valence-corrected chi connectivity index (χ1v) is 10.7. The van der Waals surface area contributed by atoms with Crippen LogP contribution >= 0.6 is 11.8 Å². The maximum Gasteiger partial charge on any atom is 0.266 e. The van der Waals surface area contributed by atoms with Gasteiger partial charge in [-0.2, -0.15) is 4.98 Å². The number of hydrogen-bond donors (Lipinski definition) is 1. The zero-order valence-corrected chi connectivity index (χ0v) is 17.9. The normalized spacial score (nSPS) is 11.7. The summed E-state index contributed by atoms with van der Waals surface area (Å²) < 4.78 is 3.06. The molecule has 1 N–H and O–H groups in total. The number of thioether (sulfide) groups is 1. The first-order chi connectivity index (χ1) is 14.5. The van der Waals surface area contributed by atoms with Crippen LogP contribution in [0, 0.1) is 0 Å². The van der Waals surface area contributed by atoms with E-state index in [0.29, 0.717) is 39.5 Å². The molecule has 0 amide bonds. The quantitative estimate of drug-likeness (QED) is 0.356. The highest BCUT2D eigenvalue weighted by molar-refractivity contribution is 7.99. The summed E-state index contributed by atoms with van der Waals surface area (Å²) in [5, 5.41) is 8.29. The number of aryl methyl sites for hydroxylation is 1. The van der Waals surface area contributed by atoms with Crippen LogP contribution in [0.2, 0.25) is 0 Å². The van der Waals surface area contributed by atoms with Gasteiger partial charge in [0.25, 0.3) is 11.1 Å². The molecule has 0 aliphatic carbocycles. The Morgan fingerprint density at radius 3 is 2.53 bits per heavy atom. The van der Waals surface area contributed by atoms with E-state index >= 15 is 0 Å². The van der Waals surface area contributed by atoms with Gasteiger partial charge in [0.05, 0.1) is 21.8 Å². The second-order valence-electron chi connectivity index (χ2n) is 7.19. The maximum absolute atomic E-state index is 13.1. The van der Waals surface area contributed by atoms with Crippen molar-refractivity contribution < 1.29 is 0 Å². The van der Waals surface area contributed by atoms with Crippen LogP contribution in [0.5, 0.6) is 0 Å². The Labute approximate surface area is 176 Å². The van der Waals surface area contributed by atoms with E-state index in [1.54, 1.807) is 29.1 Å². The van der Waals surface area contributed by atoms with Gasteiger partial charge in [-0.15, -0.1) is 5.10 Å². The van der Waals surface area contributed by atoms with Crippen LogP contribution in [0.3, 0.4) is 0 Å². The van der Waals surface area contributed by atoms with Crippen molar-refractivity contribution in [2.24, 2.45) is 0 Å². The summed E-state index contributed by atoms with van der Waals surface area (Å²) in [5.74, 6) is 1.17. The highest BCUT2D eigenvalue weighted by Gasteiger charge is 2.13. The molecule has 0 aromatic carbocycles. The molecule has 0 aliphatic rings. The summed E-state index contributed by atoms with van der Waals surface area (Å²) in [5.41, 5.74) is 0.677. The minimum absolute atomic E-state index is 0.142. The zero-order valence-electron chi connectivity index (χ0n) is 17.1. The number of H-pyrrole nitrogens is 1. The maximum atomic E-state index is 13.1. The number of pyridine rings is 3. The predicted molar refractivity (Wildman–Crippen MR) is 119 cm³/mol. The molecule has 4 aromatic rings. The lowest BCUT2D eigenvalue weighted by atomic mass is 10.2. The number of fused-ring (bicyclic) bond motifs is 2. The van der Waals surface area contributed by atoms with Gasteiger partial charge >= 0.3 is 0 Å². The Bertz CT molecular complexity index is 1320. The molecular weight excluding hydrogens is 402 g/mol. The molecule has 4 heterocycles. The zero-order chi connectivity index (χ0) is 21.3. The van der Waals surface area contributed by atoms with Gasteiger partial charge in [0.2, 0.25) is 11.1 Å². The minimum atomic E-state index is -0.298. The molecule has 0 fully saturated rings. The Morgan fingerprint density at radius 2 is 1.80 bits per heavy atom. The molecule has 4 rings (SSSR count). The van der Waals surface area contributed by atoms with E-state index < -0.39 is 0 Å². The van der Waals surface area contributed by atoms with Crippen LogP contribution in [0.25, 0.3) is 27.8 Å². The Hall–Kier alpha value is -2.98. The van der Waals surface area contributed by atoms with Crippen LogP contribution in [0.1, 0.15) is 13.3 Å². The number of nitrogens with one attached hydrogen (secondary N) is 1. The molecule has 0 spiro atoms. The number of aromatic amines is 1. The molecule has 30 heavy (non-hydrogen) atoms. The van der Waals surface area contributed by atoms with Crippen molar-refractivity contribution in [2.45, 2.75) is 25.0 Å². The number of rotatable bonds is 7. The van der Waals surface area contributed by atoms with E-state index in [9.17, 15) is 9.59 Å². The SMILES string of the molecule is CCSc1n[nH]c(-n2ccc3nc4ccn(CCCN(C)C)c(=O)c4cc3c2=O)n1. The van der Waals surface area contributed by atoms with Crippen molar-refractivity contribution in [3.8, 4) is 5.95 Å². The Kier molecular flexibility index (Phi) is 5.69. The van der Waals surface area contributed by atoms with E-state index in [1.807, 2.05) is 27.1 Å². The molecule has 0 aliphatic heterocycles. The van der Waals surface area contributed by atoms with E-state index in [-0.39, 0.29) is 11.1 Å². The first-order valence-electron chi connectivity index (χ1n) is 9.74. The highest BCUT2D eigenvalue weighted by Crippen LogP contribution is 2.16. The van der Waals surface area contributed by atoms with Gasteiger partial charge in [-0.25, -0.2) is 10.1 Å². The lowest BCUT2D eigenvalue weighted by Gasteiger charge is -2.11. The van der Waals surface area contributed by atoms with Crippen LogP contribution in [-0.4, -0.2) is 60.6 Å². The molecule has 0 bridgehead atoms. The van der Waals surface area contributed by atoms with E-state index in [2.05, 4.69) is 25.1 Å². The second kappa shape index (κ2) is 8.41. The van der Waals surface area contributed by atoms with Crippen molar-refractivity contribution >= 4 is 33.6 Å². The summed E-state index contributed by atoms with van der Waals surface area (Å²) in [4.78, 5) is 37.0. The van der Waals surface area contributed by atoms with E-state index in [0.717, 1.165) is 18.7 Å². The van der Waals surface area contributed by atoms with Crippen LogP contribution in [-0.2, 0) is 6.54 Å². The molecule has 0 radical (unpaired) electrons. The molecule has 9 nitrogen and oxygen atoms in total. The van der Waals surface area contributed by atoms with Gasteiger partial charge < -0.3 is 9.47 Å². The summed E-state index contributed by atoms with van der Waals surface area (Å²) in [6, 6.07) is 5.20. The fourth-order valence-corrected chi connectivity index (χ4v) is 3.82. The molecule has 10 heteroatoms. The van der Waals surface area contributed by atoms with Crippen LogP contribution in [0.15, 0.2) is 45.3 Å². The van der Waals surface area contributed by atoms with Gasteiger partial charge in [-0.3, -0.25) is 14.2 Å². The van der Waals surface area contributed by atoms with Gasteiger partial charge in [0, 0.05) is 18.9 Å². The van der Waals surface area contributed by atoms with Gasteiger partial charge in [-0.1, -0.05) is 18.7 Å². The third-order valence-corrected chi connectivity index (χ3v) is 5.50. The largest absolute Gasteiger partial charge is 0.315 e. The van der Waals surface area contributed by atoms with Crippen molar-refractivity contribution in [3.63, 3.8) is 0 Å². The fourth-order valence-electron chi connectivity index (χ4n) is 3.30. The van der Waals surface area contributed by atoms with Gasteiger partial charge in [-0.05, 0) is 51.0 Å². The smallest absolute Gasteiger partial charge is 0.266 e. The predicted octanol–water partition coefficient (Wildman–Crippen LogP) is 1.88. The minimum Gasteiger partial charge on any atom is -0.315 e. The highest BCUT2D eigenvalue weighted by atomic mass is 32.2. The van der Waals surface area contributed by atoms with Crippen molar-refractivity contribution in [3.05, 3.63) is 51.3 Å². The average Bonchev–Trinajstić information content (AvgIpc) is 3.18. The Balaban J connectivity index is 1.79. The molecule has 0 unspecified atom stereocenters. The molecule has 4 aromatic heterocycles. The third-order valence-electron chi connectivity index (χ3n) is 4.77. The summed E-state index contributed by atoms with van der Waals surface area (Å²) >= 11 is 1.49. The van der Waals surface area contributed by atoms with Gasteiger partial charge in [0.15, 0.2) is 0 Å². The van der Waals surface area contributed by atoms with E-state index in [1.165, 1.54) is 16.3 Å². The summed E-state index contributed by atoms with van der Waals surface area (Å²) in [6.07, 6.45) is 4.24. The van der Waals surface area contributed by atoms with Gasteiger partial charge in [0.1, 0.15) is 0 Å². The lowest BCUT2D eigenvalue weighted by molar-refractivity contribution is 0.385. The summed E-state index contributed by atoms with van der Waals surface area (Å²) in [7, 11) is 4.01. The van der Waals surface area contributed by atoms with Crippen LogP contribution in [0.4, 0.5) is 0 Å². The summed E-state index contributed by atoms with van der Waals surface area (Å²) in [6.45, 7) is 3.51. The molecule has 0 saturated carbocycles. The van der Waals surface area contributed by atoms with Crippen LogP contribution < -0.4 is 11.1 Å². The standard InChI is InChI=1S/C20H23N7O2S/c1-4-30-20-22-19(23-24-20)27-11-7-16-14(18(27)29)12-13-15(21-16)6-10-26(17(13)28)9-5-8-25(2)3/h6-7,10-12H,4-5,8-9H2,1-3H3,(H,22,23,24). The lowest BCUT2D eigenvalue weighted by Crippen LogP contribution is -2.23. The molecule has 156 valence electrons. The monoisotopic (exact) mass is 425 g/mol. The fraction of sp³-hybridized carbons (Fsp3) is 0.350. The van der Waals surface area contributed by atoms with Crippen molar-refractivity contribution in [2.75, 3.05) is 26.4 Å². The number of aromatic nitrogens is 6. The second-order valence-corrected chi connectivity index (χ2v) is 8.42. The third kappa shape index (κ3) is 3.88.